The predicted molar refractivity (Wildman–Crippen MR) is 124 cm³/mol. The molecule has 1 unspecified atom stereocenters. The van der Waals surface area contributed by atoms with E-state index in [-0.39, 0.29) is 18.3 Å². The summed E-state index contributed by atoms with van der Waals surface area (Å²) in [5.74, 6) is 0.814. The van der Waals surface area contributed by atoms with Gasteiger partial charge in [-0.15, -0.1) is 0 Å². The van der Waals surface area contributed by atoms with Crippen molar-refractivity contribution in [2.24, 2.45) is 0 Å². The number of methoxy groups -OCH3 is 1. The number of ether oxygens (including phenoxy) is 2. The second-order valence-corrected chi connectivity index (χ2v) is 7.95. The van der Waals surface area contributed by atoms with Gasteiger partial charge in [-0.3, -0.25) is 9.89 Å². The number of nitrogens with zero attached hydrogens (tertiary/aromatic N) is 2. The number of phenols is 1. The standard InChI is InChI=1S/C24H24ClN3O5/c1-3-11-33-18-8-5-14(12-19(18)32-2)23-20-21(16-13-15(25)6-7-17(16)30)26-27-22(20)24(31)28(23)9-4-10-29/h3,5-8,12-13,23,29-30H,1,4,9-11H2,2H3,(H,26,27). The molecule has 0 fully saturated rings. The van der Waals surface area contributed by atoms with Crippen LogP contribution in [0.3, 0.4) is 0 Å². The second-order valence-electron chi connectivity index (χ2n) is 7.51. The number of aromatic amines is 1. The summed E-state index contributed by atoms with van der Waals surface area (Å²) in [5, 5.41) is 27.5. The highest BCUT2D eigenvalue weighted by molar-refractivity contribution is 6.31. The first-order valence-corrected chi connectivity index (χ1v) is 10.8. The first-order chi connectivity index (χ1) is 16.0. The van der Waals surface area contributed by atoms with Crippen molar-refractivity contribution in [3.63, 3.8) is 0 Å². The predicted octanol–water partition coefficient (Wildman–Crippen LogP) is 3.94. The number of aliphatic hydroxyl groups is 1. The number of benzene rings is 2. The van der Waals surface area contributed by atoms with Crippen LogP contribution in [0.5, 0.6) is 17.2 Å². The number of aliphatic hydroxyl groups excluding tert-OH is 1. The van der Waals surface area contributed by atoms with E-state index in [9.17, 15) is 15.0 Å². The minimum atomic E-state index is -0.520. The third kappa shape index (κ3) is 4.15. The molecule has 2 heterocycles. The maximum absolute atomic E-state index is 13.3. The van der Waals surface area contributed by atoms with Gasteiger partial charge in [0.05, 0.1) is 13.2 Å². The fourth-order valence-corrected chi connectivity index (χ4v) is 4.21. The Labute approximate surface area is 196 Å². The third-order valence-electron chi connectivity index (χ3n) is 5.49. The van der Waals surface area contributed by atoms with E-state index < -0.39 is 6.04 Å². The highest BCUT2D eigenvalue weighted by Crippen LogP contribution is 2.46. The van der Waals surface area contributed by atoms with Crippen molar-refractivity contribution in [3.8, 4) is 28.5 Å². The van der Waals surface area contributed by atoms with Crippen LogP contribution in [0.2, 0.25) is 5.02 Å². The van der Waals surface area contributed by atoms with E-state index in [1.54, 1.807) is 36.3 Å². The van der Waals surface area contributed by atoms with Gasteiger partial charge >= 0.3 is 0 Å². The topological polar surface area (TPSA) is 108 Å². The Morgan fingerprint density at radius 3 is 2.82 bits per heavy atom. The average Bonchev–Trinajstić information content (AvgIpc) is 3.36. The number of amides is 1. The van der Waals surface area contributed by atoms with Crippen LogP contribution >= 0.6 is 11.6 Å². The minimum absolute atomic E-state index is 0.000499. The largest absolute Gasteiger partial charge is 0.507 e. The Kier molecular flexibility index (Phi) is 6.57. The van der Waals surface area contributed by atoms with Crippen LogP contribution in [-0.2, 0) is 0 Å². The number of hydrogen-bond acceptors (Lipinski definition) is 6. The molecule has 1 atom stereocenters. The van der Waals surface area contributed by atoms with Gasteiger partial charge in [-0.1, -0.05) is 30.3 Å². The number of aromatic nitrogens is 2. The zero-order valence-corrected chi connectivity index (χ0v) is 18.8. The number of H-pyrrole nitrogens is 1. The molecule has 8 nitrogen and oxygen atoms in total. The van der Waals surface area contributed by atoms with Crippen LogP contribution in [0.4, 0.5) is 0 Å². The van der Waals surface area contributed by atoms with Crippen LogP contribution in [0.15, 0.2) is 49.1 Å². The smallest absolute Gasteiger partial charge is 0.273 e. The van der Waals surface area contributed by atoms with Gasteiger partial charge in [-0.25, -0.2) is 0 Å². The summed E-state index contributed by atoms with van der Waals surface area (Å²) < 4.78 is 11.2. The molecule has 0 saturated heterocycles. The van der Waals surface area contributed by atoms with Crippen molar-refractivity contribution in [2.45, 2.75) is 12.5 Å². The Morgan fingerprint density at radius 2 is 2.09 bits per heavy atom. The molecular weight excluding hydrogens is 446 g/mol. The van der Waals surface area contributed by atoms with E-state index in [1.165, 1.54) is 6.07 Å². The molecule has 172 valence electrons. The van der Waals surface area contributed by atoms with E-state index in [4.69, 9.17) is 21.1 Å². The lowest BCUT2D eigenvalue weighted by molar-refractivity contribution is 0.0732. The van der Waals surface area contributed by atoms with E-state index in [0.29, 0.717) is 58.6 Å². The number of carbonyl (C=O) groups excluding carboxylic acids is 1. The molecule has 9 heteroatoms. The molecule has 1 aromatic heterocycles. The van der Waals surface area contributed by atoms with E-state index in [2.05, 4.69) is 16.8 Å². The van der Waals surface area contributed by atoms with Crippen molar-refractivity contribution >= 4 is 17.5 Å². The van der Waals surface area contributed by atoms with Gasteiger partial charge in [0, 0.05) is 29.3 Å². The highest BCUT2D eigenvalue weighted by atomic mass is 35.5. The molecule has 3 aromatic rings. The molecule has 1 aliphatic rings. The maximum atomic E-state index is 13.3. The quantitative estimate of drug-likeness (QED) is 0.410. The molecule has 0 radical (unpaired) electrons. The fraction of sp³-hybridized carbons (Fsp3) is 0.250. The monoisotopic (exact) mass is 469 g/mol. The summed E-state index contributed by atoms with van der Waals surface area (Å²) in [6.07, 6.45) is 2.05. The van der Waals surface area contributed by atoms with Gasteiger partial charge in [0.1, 0.15) is 23.7 Å². The Bertz CT molecular complexity index is 1190. The molecule has 1 amide bonds. The zero-order valence-electron chi connectivity index (χ0n) is 18.0. The molecule has 33 heavy (non-hydrogen) atoms. The summed E-state index contributed by atoms with van der Waals surface area (Å²) in [6.45, 7) is 4.26. The van der Waals surface area contributed by atoms with E-state index in [1.807, 2.05) is 12.1 Å². The third-order valence-corrected chi connectivity index (χ3v) is 5.73. The Morgan fingerprint density at radius 1 is 1.27 bits per heavy atom. The van der Waals surface area contributed by atoms with Crippen LogP contribution in [0.25, 0.3) is 11.3 Å². The van der Waals surface area contributed by atoms with Gasteiger partial charge in [0.15, 0.2) is 11.5 Å². The highest BCUT2D eigenvalue weighted by Gasteiger charge is 2.42. The van der Waals surface area contributed by atoms with Crippen molar-refractivity contribution in [1.29, 1.82) is 0 Å². The number of aromatic hydroxyl groups is 1. The number of hydrogen-bond donors (Lipinski definition) is 3. The molecule has 4 rings (SSSR count). The Hall–Kier alpha value is -3.49. The van der Waals surface area contributed by atoms with Crippen molar-refractivity contribution in [1.82, 2.24) is 15.1 Å². The number of fused-ring (bicyclic) bond motifs is 1. The SMILES string of the molecule is C=CCOc1ccc(C2c3c(-c4cc(Cl)ccc4O)n[nH]c3C(=O)N2CCCO)cc1OC. The molecular formula is C24H24ClN3O5. The summed E-state index contributed by atoms with van der Waals surface area (Å²) >= 11 is 6.17. The summed E-state index contributed by atoms with van der Waals surface area (Å²) in [6, 6.07) is 9.60. The van der Waals surface area contributed by atoms with Gasteiger partial charge in [0.2, 0.25) is 0 Å². The molecule has 1 aliphatic heterocycles. The van der Waals surface area contributed by atoms with Gasteiger partial charge in [-0.2, -0.15) is 5.10 Å². The summed E-state index contributed by atoms with van der Waals surface area (Å²) in [4.78, 5) is 14.9. The first kappa shape index (κ1) is 22.7. The van der Waals surface area contributed by atoms with Crippen LogP contribution < -0.4 is 9.47 Å². The first-order valence-electron chi connectivity index (χ1n) is 10.4. The van der Waals surface area contributed by atoms with E-state index >= 15 is 0 Å². The van der Waals surface area contributed by atoms with Gasteiger partial charge in [-0.05, 0) is 42.3 Å². The number of phenolic OH excluding ortho intramolecular Hbond substituents is 1. The average molecular weight is 470 g/mol. The molecule has 0 saturated carbocycles. The fourth-order valence-electron chi connectivity index (χ4n) is 4.04. The van der Waals surface area contributed by atoms with Crippen molar-refractivity contribution in [2.75, 3.05) is 26.9 Å². The van der Waals surface area contributed by atoms with Gasteiger partial charge < -0.3 is 24.6 Å². The molecule has 0 aliphatic carbocycles. The Balaban J connectivity index is 1.86. The number of carbonyl (C=O) groups is 1. The lowest BCUT2D eigenvalue weighted by Gasteiger charge is -2.27. The second kappa shape index (κ2) is 9.56. The maximum Gasteiger partial charge on any atom is 0.273 e. The van der Waals surface area contributed by atoms with Gasteiger partial charge in [0.25, 0.3) is 5.91 Å². The molecule has 2 aromatic carbocycles. The van der Waals surface area contributed by atoms with Crippen LogP contribution in [0.1, 0.15) is 34.1 Å². The number of halogens is 1. The van der Waals surface area contributed by atoms with Crippen molar-refractivity contribution in [3.05, 3.63) is 70.9 Å². The number of nitrogens with one attached hydrogen (secondary N) is 1. The summed E-state index contributed by atoms with van der Waals surface area (Å²) in [5.41, 5.74) is 2.57. The van der Waals surface area contributed by atoms with Crippen LogP contribution in [-0.4, -0.2) is 58.1 Å². The minimum Gasteiger partial charge on any atom is -0.507 e. The van der Waals surface area contributed by atoms with E-state index in [0.717, 1.165) is 5.56 Å². The normalized spacial score (nSPS) is 14.9. The molecule has 0 spiro atoms. The van der Waals surface area contributed by atoms with Crippen molar-refractivity contribution < 1.29 is 24.5 Å². The number of rotatable bonds is 9. The molecule has 3 N–H and O–H groups in total. The lowest BCUT2D eigenvalue weighted by atomic mass is 9.95. The lowest BCUT2D eigenvalue weighted by Crippen LogP contribution is -2.31. The van der Waals surface area contributed by atoms with Crippen LogP contribution in [0, 0.1) is 0 Å². The summed E-state index contributed by atoms with van der Waals surface area (Å²) in [7, 11) is 1.54. The zero-order chi connectivity index (χ0) is 23.5. The molecule has 0 bridgehead atoms.